The first-order valence-corrected chi connectivity index (χ1v) is 7.04. The minimum atomic E-state index is 0.341. The molecule has 0 amide bonds. The van der Waals surface area contributed by atoms with Gasteiger partial charge >= 0.3 is 0 Å². The molecule has 0 aliphatic heterocycles. The fraction of sp³-hybridized carbons (Fsp3) is 0.250. The molecule has 2 aromatic heterocycles. The average molecular weight is 264 g/mol. The molecular weight excluding hydrogens is 248 g/mol. The SMILES string of the molecule is c1ccc2c(c1)CCC[C@@H]2Nc1ncnc2[nH]ccc12. The van der Waals surface area contributed by atoms with E-state index in [1.54, 1.807) is 6.33 Å². The van der Waals surface area contributed by atoms with Crippen molar-refractivity contribution < 1.29 is 0 Å². The summed E-state index contributed by atoms with van der Waals surface area (Å²) in [7, 11) is 0. The summed E-state index contributed by atoms with van der Waals surface area (Å²) in [5.41, 5.74) is 3.74. The van der Waals surface area contributed by atoms with Crippen LogP contribution in [0.2, 0.25) is 0 Å². The number of aromatic nitrogens is 3. The number of benzene rings is 1. The van der Waals surface area contributed by atoms with Crippen LogP contribution < -0.4 is 5.32 Å². The van der Waals surface area contributed by atoms with Gasteiger partial charge in [0.1, 0.15) is 17.8 Å². The van der Waals surface area contributed by atoms with Crippen LogP contribution in [0.15, 0.2) is 42.9 Å². The van der Waals surface area contributed by atoms with E-state index in [4.69, 9.17) is 0 Å². The number of nitrogens with zero attached hydrogens (tertiary/aromatic N) is 2. The zero-order chi connectivity index (χ0) is 13.4. The van der Waals surface area contributed by atoms with E-state index in [2.05, 4.69) is 44.5 Å². The van der Waals surface area contributed by atoms with E-state index in [9.17, 15) is 0 Å². The Kier molecular flexibility index (Phi) is 2.66. The Bertz CT molecular complexity index is 747. The minimum absolute atomic E-state index is 0.341. The predicted molar refractivity (Wildman–Crippen MR) is 79.6 cm³/mol. The highest BCUT2D eigenvalue weighted by Crippen LogP contribution is 2.33. The zero-order valence-corrected chi connectivity index (χ0v) is 11.1. The minimum Gasteiger partial charge on any atom is -0.363 e. The quantitative estimate of drug-likeness (QED) is 0.745. The number of hydrogen-bond acceptors (Lipinski definition) is 3. The first-order chi connectivity index (χ1) is 9.92. The zero-order valence-electron chi connectivity index (χ0n) is 11.1. The largest absolute Gasteiger partial charge is 0.363 e. The van der Waals surface area contributed by atoms with Crippen LogP contribution >= 0.6 is 0 Å². The van der Waals surface area contributed by atoms with Crippen LogP contribution in [0.25, 0.3) is 11.0 Å². The lowest BCUT2D eigenvalue weighted by molar-refractivity contribution is 0.599. The highest BCUT2D eigenvalue weighted by Gasteiger charge is 2.20. The molecule has 4 rings (SSSR count). The number of nitrogens with one attached hydrogen (secondary N) is 2. The molecular formula is C16H16N4. The van der Waals surface area contributed by atoms with Crippen LogP contribution in [0.5, 0.6) is 0 Å². The van der Waals surface area contributed by atoms with E-state index in [1.165, 1.54) is 24.0 Å². The van der Waals surface area contributed by atoms with Crippen LogP contribution in [0.4, 0.5) is 5.82 Å². The Hall–Kier alpha value is -2.36. The molecule has 4 nitrogen and oxygen atoms in total. The number of aromatic amines is 1. The van der Waals surface area contributed by atoms with Crippen molar-refractivity contribution in [2.75, 3.05) is 5.32 Å². The Morgan fingerprint density at radius 3 is 3.10 bits per heavy atom. The highest BCUT2D eigenvalue weighted by atomic mass is 15.1. The number of hydrogen-bond donors (Lipinski definition) is 2. The summed E-state index contributed by atoms with van der Waals surface area (Å²) >= 11 is 0. The summed E-state index contributed by atoms with van der Waals surface area (Å²) in [6.07, 6.45) is 7.05. The molecule has 1 aromatic carbocycles. The number of fused-ring (bicyclic) bond motifs is 2. The summed E-state index contributed by atoms with van der Waals surface area (Å²) in [5, 5.41) is 4.65. The maximum Gasteiger partial charge on any atom is 0.142 e. The van der Waals surface area contributed by atoms with Crippen molar-refractivity contribution in [3.63, 3.8) is 0 Å². The smallest absolute Gasteiger partial charge is 0.142 e. The van der Waals surface area contributed by atoms with Crippen molar-refractivity contribution in [1.29, 1.82) is 0 Å². The summed E-state index contributed by atoms with van der Waals surface area (Å²) in [5.74, 6) is 0.915. The van der Waals surface area contributed by atoms with Gasteiger partial charge in [-0.1, -0.05) is 24.3 Å². The van der Waals surface area contributed by atoms with Gasteiger partial charge in [-0.05, 0) is 36.5 Å². The van der Waals surface area contributed by atoms with Gasteiger partial charge in [-0.3, -0.25) is 0 Å². The molecule has 0 saturated carbocycles. The van der Waals surface area contributed by atoms with Crippen molar-refractivity contribution in [3.8, 4) is 0 Å². The summed E-state index contributed by atoms with van der Waals surface area (Å²) in [6.45, 7) is 0. The van der Waals surface area contributed by atoms with E-state index in [-0.39, 0.29) is 0 Å². The molecule has 2 N–H and O–H groups in total. The molecule has 3 aromatic rings. The maximum absolute atomic E-state index is 4.40. The van der Waals surface area contributed by atoms with Gasteiger partial charge in [-0.15, -0.1) is 0 Å². The van der Waals surface area contributed by atoms with Gasteiger partial charge in [0.15, 0.2) is 0 Å². The first-order valence-electron chi connectivity index (χ1n) is 7.04. The molecule has 0 spiro atoms. The molecule has 1 atom stereocenters. The summed E-state index contributed by atoms with van der Waals surface area (Å²) < 4.78 is 0. The molecule has 0 unspecified atom stereocenters. The maximum atomic E-state index is 4.40. The van der Waals surface area contributed by atoms with Gasteiger partial charge in [0.25, 0.3) is 0 Å². The lowest BCUT2D eigenvalue weighted by Gasteiger charge is -2.26. The second-order valence-corrected chi connectivity index (χ2v) is 5.25. The van der Waals surface area contributed by atoms with E-state index >= 15 is 0 Å². The van der Waals surface area contributed by atoms with Gasteiger partial charge in [0.2, 0.25) is 0 Å². The van der Waals surface area contributed by atoms with Gasteiger partial charge in [0.05, 0.1) is 11.4 Å². The average Bonchev–Trinajstić information content (AvgIpc) is 2.97. The van der Waals surface area contributed by atoms with E-state index in [0.717, 1.165) is 23.3 Å². The predicted octanol–water partition coefficient (Wildman–Crippen LogP) is 3.45. The normalized spacial score (nSPS) is 17.9. The van der Waals surface area contributed by atoms with Crippen LogP contribution in [-0.2, 0) is 6.42 Å². The second-order valence-electron chi connectivity index (χ2n) is 5.25. The third-order valence-corrected chi connectivity index (χ3v) is 4.03. The molecule has 0 fully saturated rings. The van der Waals surface area contributed by atoms with Gasteiger partial charge in [-0.25, -0.2) is 9.97 Å². The highest BCUT2D eigenvalue weighted by molar-refractivity contribution is 5.86. The molecule has 20 heavy (non-hydrogen) atoms. The molecule has 4 heteroatoms. The van der Waals surface area contributed by atoms with E-state index in [0.29, 0.717) is 6.04 Å². The molecule has 1 aliphatic carbocycles. The Morgan fingerprint density at radius 1 is 1.15 bits per heavy atom. The molecule has 0 bridgehead atoms. The third-order valence-electron chi connectivity index (χ3n) is 4.03. The number of aryl methyl sites for hydroxylation is 1. The molecule has 100 valence electrons. The Labute approximate surface area is 117 Å². The molecule has 0 saturated heterocycles. The van der Waals surface area contributed by atoms with Crippen molar-refractivity contribution in [2.24, 2.45) is 0 Å². The topological polar surface area (TPSA) is 53.6 Å². The second kappa shape index (κ2) is 4.63. The van der Waals surface area contributed by atoms with Crippen LogP contribution in [-0.4, -0.2) is 15.0 Å². The molecule has 2 heterocycles. The van der Waals surface area contributed by atoms with E-state index < -0.39 is 0 Å². The fourth-order valence-corrected chi connectivity index (χ4v) is 3.06. The monoisotopic (exact) mass is 264 g/mol. The van der Waals surface area contributed by atoms with Gasteiger partial charge in [-0.2, -0.15) is 0 Å². The standard InChI is InChI=1S/C16H16N4/c1-2-6-12-11(4-1)5-3-7-14(12)20-16-13-8-9-17-15(13)18-10-19-16/h1-2,4,6,8-10,14H,3,5,7H2,(H2,17,18,19,20)/t14-/m0/s1. The Morgan fingerprint density at radius 2 is 2.10 bits per heavy atom. The lowest BCUT2D eigenvalue weighted by atomic mass is 9.88. The number of anilines is 1. The summed E-state index contributed by atoms with van der Waals surface area (Å²) in [4.78, 5) is 11.8. The third kappa shape index (κ3) is 1.84. The van der Waals surface area contributed by atoms with Crippen molar-refractivity contribution in [3.05, 3.63) is 54.0 Å². The number of rotatable bonds is 2. The molecule has 1 aliphatic rings. The van der Waals surface area contributed by atoms with Crippen LogP contribution in [0.3, 0.4) is 0 Å². The van der Waals surface area contributed by atoms with Crippen molar-refractivity contribution in [2.45, 2.75) is 25.3 Å². The van der Waals surface area contributed by atoms with Gasteiger partial charge < -0.3 is 10.3 Å². The summed E-state index contributed by atoms with van der Waals surface area (Å²) in [6, 6.07) is 11.1. The van der Waals surface area contributed by atoms with Crippen LogP contribution in [0, 0.1) is 0 Å². The lowest BCUT2D eigenvalue weighted by Crippen LogP contribution is -2.18. The van der Waals surface area contributed by atoms with Gasteiger partial charge in [0, 0.05) is 6.20 Å². The van der Waals surface area contributed by atoms with Crippen molar-refractivity contribution >= 4 is 16.9 Å². The Balaban J connectivity index is 1.72. The van der Waals surface area contributed by atoms with Crippen LogP contribution in [0.1, 0.15) is 30.0 Å². The fourth-order valence-electron chi connectivity index (χ4n) is 3.06. The van der Waals surface area contributed by atoms with Crippen molar-refractivity contribution in [1.82, 2.24) is 15.0 Å². The number of H-pyrrole nitrogens is 1. The van der Waals surface area contributed by atoms with E-state index in [1.807, 2.05) is 12.3 Å². The first kappa shape index (κ1) is 11.5. The molecule has 0 radical (unpaired) electrons.